The summed E-state index contributed by atoms with van der Waals surface area (Å²) in [5.74, 6) is 1.28. The van der Waals surface area contributed by atoms with Crippen LogP contribution in [-0.2, 0) is 11.3 Å². The zero-order valence-electron chi connectivity index (χ0n) is 19.1. The van der Waals surface area contributed by atoms with Crippen LogP contribution in [0.3, 0.4) is 0 Å². The average molecular weight is 443 g/mol. The van der Waals surface area contributed by atoms with Gasteiger partial charge in [0.1, 0.15) is 17.1 Å². The van der Waals surface area contributed by atoms with E-state index in [4.69, 9.17) is 13.9 Å². The zero-order valence-corrected chi connectivity index (χ0v) is 19.1. The third kappa shape index (κ3) is 4.60. The Morgan fingerprint density at radius 2 is 1.91 bits per heavy atom. The number of nitrogens with zero attached hydrogens (tertiary/aromatic N) is 1. The highest BCUT2D eigenvalue weighted by atomic mass is 16.5. The van der Waals surface area contributed by atoms with E-state index in [0.29, 0.717) is 12.3 Å². The quantitative estimate of drug-likeness (QED) is 0.381. The average Bonchev–Trinajstić information content (AvgIpc) is 3.28. The van der Waals surface area contributed by atoms with E-state index in [9.17, 15) is 4.79 Å². The molecule has 0 fully saturated rings. The van der Waals surface area contributed by atoms with Gasteiger partial charge in [-0.2, -0.15) is 0 Å². The summed E-state index contributed by atoms with van der Waals surface area (Å²) in [6.45, 7) is 4.29. The molecule has 2 heterocycles. The third-order valence-electron chi connectivity index (χ3n) is 5.62. The monoisotopic (exact) mass is 442 g/mol. The van der Waals surface area contributed by atoms with Gasteiger partial charge in [-0.3, -0.25) is 9.78 Å². The van der Waals surface area contributed by atoms with Crippen molar-refractivity contribution in [3.63, 3.8) is 0 Å². The van der Waals surface area contributed by atoms with Crippen LogP contribution < -0.4 is 14.8 Å². The number of fused-ring (bicyclic) bond motifs is 1. The van der Waals surface area contributed by atoms with Gasteiger partial charge >= 0.3 is 0 Å². The fourth-order valence-electron chi connectivity index (χ4n) is 3.90. The second kappa shape index (κ2) is 9.61. The first-order valence-electron chi connectivity index (χ1n) is 10.6. The smallest absolute Gasteiger partial charge is 0.244 e. The molecule has 0 spiro atoms. The molecule has 0 aliphatic rings. The molecule has 6 heteroatoms. The van der Waals surface area contributed by atoms with E-state index in [1.807, 2.05) is 56.3 Å². The summed E-state index contributed by atoms with van der Waals surface area (Å²) in [6.07, 6.45) is 6.75. The fraction of sp³-hybridized carbons (Fsp3) is 0.185. The number of aryl methyl sites for hydroxylation is 1. The number of methoxy groups -OCH3 is 2. The summed E-state index contributed by atoms with van der Waals surface area (Å²) in [6, 6.07) is 13.6. The van der Waals surface area contributed by atoms with E-state index in [1.165, 1.54) is 0 Å². The van der Waals surface area contributed by atoms with E-state index in [1.54, 1.807) is 39.0 Å². The highest BCUT2D eigenvalue weighted by molar-refractivity contribution is 6.01. The summed E-state index contributed by atoms with van der Waals surface area (Å²) in [5.41, 5.74) is 6.19. The van der Waals surface area contributed by atoms with Crippen LogP contribution in [0.25, 0.3) is 27.7 Å². The lowest BCUT2D eigenvalue weighted by atomic mass is 9.96. The second-order valence-corrected chi connectivity index (χ2v) is 7.74. The maximum atomic E-state index is 12.6. The van der Waals surface area contributed by atoms with Gasteiger partial charge in [-0.05, 0) is 60.9 Å². The van der Waals surface area contributed by atoms with Gasteiger partial charge in [0.2, 0.25) is 5.91 Å². The minimum absolute atomic E-state index is 0.177. The molecule has 0 aliphatic heterocycles. The predicted octanol–water partition coefficient (Wildman–Crippen LogP) is 5.54. The Hall–Kier alpha value is -4.06. The van der Waals surface area contributed by atoms with E-state index >= 15 is 0 Å². The van der Waals surface area contributed by atoms with Gasteiger partial charge in [-0.1, -0.05) is 12.1 Å². The van der Waals surface area contributed by atoms with Crippen LogP contribution in [0.15, 0.2) is 71.6 Å². The maximum Gasteiger partial charge on any atom is 0.244 e. The number of amides is 1. The Bertz CT molecular complexity index is 1320. The van der Waals surface area contributed by atoms with E-state index in [0.717, 1.165) is 50.1 Å². The summed E-state index contributed by atoms with van der Waals surface area (Å²) < 4.78 is 17.0. The summed E-state index contributed by atoms with van der Waals surface area (Å²) in [5, 5.41) is 3.86. The third-order valence-corrected chi connectivity index (χ3v) is 5.62. The Kier molecular flexibility index (Phi) is 6.45. The first-order chi connectivity index (χ1) is 16.0. The van der Waals surface area contributed by atoms with Crippen LogP contribution in [-0.4, -0.2) is 25.1 Å². The van der Waals surface area contributed by atoms with Crippen molar-refractivity contribution in [2.75, 3.05) is 14.2 Å². The van der Waals surface area contributed by atoms with Gasteiger partial charge in [0.15, 0.2) is 0 Å². The number of carbonyl (C=O) groups is 1. The molecule has 168 valence electrons. The number of rotatable bonds is 7. The van der Waals surface area contributed by atoms with Gasteiger partial charge in [-0.15, -0.1) is 0 Å². The van der Waals surface area contributed by atoms with Crippen LogP contribution in [0.2, 0.25) is 0 Å². The number of ether oxygens (including phenoxy) is 2. The Morgan fingerprint density at radius 3 is 2.64 bits per heavy atom. The molecule has 4 aromatic rings. The lowest BCUT2D eigenvalue weighted by Gasteiger charge is -2.13. The lowest BCUT2D eigenvalue weighted by Crippen LogP contribution is -2.20. The highest BCUT2D eigenvalue weighted by Crippen LogP contribution is 2.41. The van der Waals surface area contributed by atoms with Gasteiger partial charge < -0.3 is 19.2 Å². The topological polar surface area (TPSA) is 73.6 Å². The van der Waals surface area contributed by atoms with Crippen LogP contribution in [0.4, 0.5) is 0 Å². The van der Waals surface area contributed by atoms with E-state index in [-0.39, 0.29) is 5.91 Å². The zero-order chi connectivity index (χ0) is 23.4. The fourth-order valence-corrected chi connectivity index (χ4v) is 3.90. The van der Waals surface area contributed by atoms with Crippen molar-refractivity contribution >= 4 is 22.4 Å². The van der Waals surface area contributed by atoms with Gasteiger partial charge in [0, 0.05) is 47.1 Å². The minimum Gasteiger partial charge on any atom is -0.497 e. The number of benzene rings is 2. The number of furan rings is 1. The van der Waals surface area contributed by atoms with E-state index in [2.05, 4.69) is 10.3 Å². The number of pyridine rings is 1. The van der Waals surface area contributed by atoms with Crippen LogP contribution in [0, 0.1) is 6.92 Å². The molecular formula is C27H26N2O4. The van der Waals surface area contributed by atoms with Crippen molar-refractivity contribution in [1.29, 1.82) is 0 Å². The molecule has 6 nitrogen and oxygen atoms in total. The molecule has 0 aliphatic carbocycles. The number of allylic oxidation sites excluding steroid dienone is 1. The minimum atomic E-state index is -0.177. The molecule has 1 amide bonds. The van der Waals surface area contributed by atoms with Crippen molar-refractivity contribution in [2.24, 2.45) is 0 Å². The number of nitrogens with one attached hydrogen (secondary N) is 1. The van der Waals surface area contributed by atoms with Crippen LogP contribution in [0.1, 0.15) is 23.6 Å². The molecule has 0 unspecified atom stereocenters. The van der Waals surface area contributed by atoms with Crippen molar-refractivity contribution in [3.05, 3.63) is 83.9 Å². The molecule has 1 N–H and O–H groups in total. The van der Waals surface area contributed by atoms with Crippen molar-refractivity contribution < 1.29 is 18.7 Å². The van der Waals surface area contributed by atoms with Crippen molar-refractivity contribution in [3.8, 4) is 22.6 Å². The molecule has 0 bridgehead atoms. The summed E-state index contributed by atoms with van der Waals surface area (Å²) in [7, 11) is 3.27. The Balaban J connectivity index is 1.71. The van der Waals surface area contributed by atoms with Gasteiger partial charge in [-0.25, -0.2) is 0 Å². The number of hydrogen-bond donors (Lipinski definition) is 1. The molecule has 33 heavy (non-hydrogen) atoms. The normalized spacial score (nSPS) is 11.5. The van der Waals surface area contributed by atoms with E-state index < -0.39 is 0 Å². The molecule has 2 aromatic carbocycles. The van der Waals surface area contributed by atoms with Gasteiger partial charge in [0.25, 0.3) is 0 Å². The standard InChI is InChI=1S/C27H26N2O4/c1-17(12-25(30)29-15-19-8-10-28-11-9-19)22-14-23-24(20-6-5-7-21(13-20)31-3)16-33-27(23)18(2)26(22)32-4/h5-14,16H,15H2,1-4H3,(H,29,30)/b17-12+. The molecule has 0 saturated heterocycles. The first-order valence-corrected chi connectivity index (χ1v) is 10.6. The molecule has 0 radical (unpaired) electrons. The number of aromatic nitrogens is 1. The Morgan fingerprint density at radius 1 is 1.12 bits per heavy atom. The maximum absolute atomic E-state index is 12.6. The highest BCUT2D eigenvalue weighted by Gasteiger charge is 2.19. The number of carbonyl (C=O) groups excluding carboxylic acids is 1. The first kappa shape index (κ1) is 22.1. The molecule has 2 aromatic heterocycles. The van der Waals surface area contributed by atoms with Crippen molar-refractivity contribution in [2.45, 2.75) is 20.4 Å². The van der Waals surface area contributed by atoms with Crippen molar-refractivity contribution in [1.82, 2.24) is 10.3 Å². The predicted molar refractivity (Wildman–Crippen MR) is 129 cm³/mol. The SMILES string of the molecule is COc1cccc(-c2coc3c(C)c(OC)c(/C(C)=C/C(=O)NCc4ccncc4)cc23)c1. The lowest BCUT2D eigenvalue weighted by molar-refractivity contribution is -0.116. The van der Waals surface area contributed by atoms with Crippen LogP contribution in [0.5, 0.6) is 11.5 Å². The summed E-state index contributed by atoms with van der Waals surface area (Å²) >= 11 is 0. The Labute approximate surface area is 192 Å². The number of hydrogen-bond acceptors (Lipinski definition) is 5. The summed E-state index contributed by atoms with van der Waals surface area (Å²) in [4.78, 5) is 16.6. The molecule has 4 rings (SSSR count). The van der Waals surface area contributed by atoms with Gasteiger partial charge in [0.05, 0.1) is 20.5 Å². The molecular weight excluding hydrogens is 416 g/mol. The molecule has 0 atom stereocenters. The second-order valence-electron chi connectivity index (χ2n) is 7.74. The largest absolute Gasteiger partial charge is 0.497 e. The van der Waals surface area contributed by atoms with Crippen LogP contribution >= 0.6 is 0 Å². The molecule has 0 saturated carbocycles.